The fourth-order valence-electron chi connectivity index (χ4n) is 2.30. The molecule has 0 aromatic heterocycles. The normalized spacial score (nSPS) is 11.8. The molecular weight excluding hydrogens is 246 g/mol. The van der Waals surface area contributed by atoms with Gasteiger partial charge in [0.25, 0.3) is 0 Å². The molecule has 0 aliphatic rings. The van der Waals surface area contributed by atoms with Gasteiger partial charge in [0.05, 0.1) is 7.11 Å². The first-order valence-electron chi connectivity index (χ1n) is 6.50. The van der Waals surface area contributed by atoms with Gasteiger partial charge in [-0.3, -0.25) is 0 Å². The predicted octanol–water partition coefficient (Wildman–Crippen LogP) is 4.31. The maximum Gasteiger partial charge on any atom is 0.124 e. The van der Waals surface area contributed by atoms with E-state index in [9.17, 15) is 0 Å². The molecule has 0 heterocycles. The minimum Gasteiger partial charge on any atom is -0.496 e. The molecule has 0 spiro atoms. The van der Waals surface area contributed by atoms with E-state index >= 15 is 0 Å². The number of hydrogen-bond acceptors (Lipinski definition) is 2. The molecule has 2 N–H and O–H groups in total. The molecule has 2 nitrogen and oxygen atoms in total. The average molecular weight is 272 g/mol. The third-order valence-electron chi connectivity index (χ3n) is 3.23. The minimum atomic E-state index is 0. The van der Waals surface area contributed by atoms with E-state index in [-0.39, 0.29) is 18.4 Å². The quantitative estimate of drug-likeness (QED) is 0.783. The van der Waals surface area contributed by atoms with Crippen molar-refractivity contribution in [3.8, 4) is 5.75 Å². The molecule has 0 saturated carbocycles. The summed E-state index contributed by atoms with van der Waals surface area (Å²) in [7, 11) is 1.72. The van der Waals surface area contributed by atoms with Gasteiger partial charge in [-0.1, -0.05) is 38.3 Å². The number of methoxy groups -OCH3 is 1. The number of ether oxygens (including phenoxy) is 1. The zero-order valence-electron chi connectivity index (χ0n) is 12.0. The molecule has 1 atom stereocenters. The van der Waals surface area contributed by atoms with Crippen molar-refractivity contribution in [2.45, 2.75) is 52.5 Å². The average Bonchev–Trinajstić information content (AvgIpc) is 2.28. The molecule has 1 aromatic carbocycles. The standard InChI is InChI=1S/C15H25NO.ClH/c1-5-6-7-8-14(16)13-9-11(2)15(17-4)12(3)10-13;/h9-10,14H,5-8,16H2,1-4H3;1H/t14-;/m0./s1. The summed E-state index contributed by atoms with van der Waals surface area (Å²) in [5.74, 6) is 0.981. The first-order chi connectivity index (χ1) is 8.10. The Balaban J connectivity index is 0.00000289. The number of aryl methyl sites for hydroxylation is 2. The number of hydrogen-bond donors (Lipinski definition) is 1. The molecule has 104 valence electrons. The monoisotopic (exact) mass is 271 g/mol. The summed E-state index contributed by atoms with van der Waals surface area (Å²) in [5, 5.41) is 0. The second-order valence-corrected chi connectivity index (χ2v) is 4.79. The lowest BCUT2D eigenvalue weighted by molar-refractivity contribution is 0.408. The topological polar surface area (TPSA) is 35.2 Å². The van der Waals surface area contributed by atoms with E-state index in [0.29, 0.717) is 0 Å². The smallest absolute Gasteiger partial charge is 0.124 e. The minimum absolute atomic E-state index is 0. The van der Waals surface area contributed by atoms with Crippen LogP contribution < -0.4 is 10.5 Å². The van der Waals surface area contributed by atoms with Gasteiger partial charge in [-0.25, -0.2) is 0 Å². The molecule has 0 saturated heterocycles. The Hall–Kier alpha value is -0.730. The van der Waals surface area contributed by atoms with E-state index in [4.69, 9.17) is 10.5 Å². The first-order valence-corrected chi connectivity index (χ1v) is 6.50. The van der Waals surface area contributed by atoms with Crippen LogP contribution in [0, 0.1) is 13.8 Å². The molecule has 0 amide bonds. The van der Waals surface area contributed by atoms with Gasteiger partial charge in [0.2, 0.25) is 0 Å². The van der Waals surface area contributed by atoms with Gasteiger partial charge < -0.3 is 10.5 Å². The number of benzene rings is 1. The van der Waals surface area contributed by atoms with Crippen LogP contribution in [-0.4, -0.2) is 7.11 Å². The molecule has 0 unspecified atom stereocenters. The van der Waals surface area contributed by atoms with Crippen molar-refractivity contribution < 1.29 is 4.74 Å². The molecule has 0 aliphatic carbocycles. The maximum atomic E-state index is 6.22. The van der Waals surface area contributed by atoms with Crippen molar-refractivity contribution in [2.24, 2.45) is 5.73 Å². The summed E-state index contributed by atoms with van der Waals surface area (Å²) in [6.07, 6.45) is 4.79. The van der Waals surface area contributed by atoms with Crippen molar-refractivity contribution in [3.63, 3.8) is 0 Å². The van der Waals surface area contributed by atoms with E-state index < -0.39 is 0 Å². The van der Waals surface area contributed by atoms with Gasteiger partial charge in [-0.05, 0) is 37.0 Å². The van der Waals surface area contributed by atoms with E-state index in [2.05, 4.69) is 32.9 Å². The third-order valence-corrected chi connectivity index (χ3v) is 3.23. The number of nitrogens with two attached hydrogens (primary N) is 1. The van der Waals surface area contributed by atoms with Crippen LogP contribution >= 0.6 is 12.4 Å². The maximum absolute atomic E-state index is 6.22. The Labute approximate surface area is 117 Å². The van der Waals surface area contributed by atoms with Gasteiger partial charge in [-0.15, -0.1) is 12.4 Å². The second-order valence-electron chi connectivity index (χ2n) is 4.79. The van der Waals surface area contributed by atoms with Crippen molar-refractivity contribution in [3.05, 3.63) is 28.8 Å². The van der Waals surface area contributed by atoms with E-state index in [1.165, 1.54) is 36.0 Å². The largest absolute Gasteiger partial charge is 0.496 e. The van der Waals surface area contributed by atoms with Crippen molar-refractivity contribution in [2.75, 3.05) is 7.11 Å². The number of rotatable bonds is 6. The molecule has 1 rings (SSSR count). The molecule has 0 bridgehead atoms. The van der Waals surface area contributed by atoms with Crippen molar-refractivity contribution in [1.29, 1.82) is 0 Å². The molecule has 1 aromatic rings. The fraction of sp³-hybridized carbons (Fsp3) is 0.600. The second kappa shape index (κ2) is 8.39. The van der Waals surface area contributed by atoms with Crippen LogP contribution in [0.2, 0.25) is 0 Å². The van der Waals surface area contributed by atoms with Crippen molar-refractivity contribution >= 4 is 12.4 Å². The summed E-state index contributed by atoms with van der Waals surface area (Å²) >= 11 is 0. The Bertz CT molecular complexity index is 343. The summed E-state index contributed by atoms with van der Waals surface area (Å²) < 4.78 is 5.37. The number of halogens is 1. The Morgan fingerprint density at radius 2 is 1.72 bits per heavy atom. The molecular formula is C15H26ClNO. The SMILES string of the molecule is CCCCC[C@H](N)c1cc(C)c(OC)c(C)c1.Cl. The Morgan fingerprint density at radius 3 is 2.17 bits per heavy atom. The molecule has 18 heavy (non-hydrogen) atoms. The molecule has 0 radical (unpaired) electrons. The van der Waals surface area contributed by atoms with Gasteiger partial charge in [0.15, 0.2) is 0 Å². The predicted molar refractivity (Wildman–Crippen MR) is 80.8 cm³/mol. The van der Waals surface area contributed by atoms with Crippen LogP contribution in [0.5, 0.6) is 5.75 Å². The zero-order chi connectivity index (χ0) is 12.8. The van der Waals surface area contributed by atoms with Crippen LogP contribution in [0.25, 0.3) is 0 Å². The number of unbranched alkanes of at least 4 members (excludes halogenated alkanes) is 2. The highest BCUT2D eigenvalue weighted by Crippen LogP contribution is 2.28. The first kappa shape index (κ1) is 17.3. The molecule has 3 heteroatoms. The van der Waals surface area contributed by atoms with Gasteiger partial charge >= 0.3 is 0 Å². The summed E-state index contributed by atoms with van der Waals surface area (Å²) in [4.78, 5) is 0. The highest BCUT2D eigenvalue weighted by Gasteiger charge is 2.10. The van der Waals surface area contributed by atoms with Crippen molar-refractivity contribution in [1.82, 2.24) is 0 Å². The summed E-state index contributed by atoms with van der Waals surface area (Å²) in [6, 6.07) is 4.47. The van der Waals surface area contributed by atoms with Gasteiger partial charge in [-0.2, -0.15) is 0 Å². The van der Waals surface area contributed by atoms with Gasteiger partial charge in [0, 0.05) is 6.04 Å². The summed E-state index contributed by atoms with van der Waals surface area (Å²) in [5.41, 5.74) is 9.81. The van der Waals surface area contributed by atoms with Crippen LogP contribution in [-0.2, 0) is 0 Å². The summed E-state index contributed by atoms with van der Waals surface area (Å²) in [6.45, 7) is 6.37. The zero-order valence-corrected chi connectivity index (χ0v) is 12.8. The lowest BCUT2D eigenvalue weighted by Gasteiger charge is -2.16. The van der Waals surface area contributed by atoms with E-state index in [0.717, 1.165) is 12.2 Å². The fourth-order valence-corrected chi connectivity index (χ4v) is 2.30. The lowest BCUT2D eigenvalue weighted by Crippen LogP contribution is -2.11. The highest BCUT2D eigenvalue weighted by molar-refractivity contribution is 5.85. The third kappa shape index (κ3) is 4.51. The van der Waals surface area contributed by atoms with Crippen LogP contribution in [0.15, 0.2) is 12.1 Å². The van der Waals surface area contributed by atoms with E-state index in [1.54, 1.807) is 7.11 Å². The lowest BCUT2D eigenvalue weighted by atomic mass is 9.97. The van der Waals surface area contributed by atoms with Gasteiger partial charge in [0.1, 0.15) is 5.75 Å². The van der Waals surface area contributed by atoms with E-state index in [1.807, 2.05) is 0 Å². The highest BCUT2D eigenvalue weighted by atomic mass is 35.5. The van der Waals surface area contributed by atoms with Crippen LogP contribution in [0.4, 0.5) is 0 Å². The molecule has 0 aliphatic heterocycles. The Kier molecular flexibility index (Phi) is 8.05. The van der Waals surface area contributed by atoms with Crippen LogP contribution in [0.1, 0.15) is 55.3 Å². The molecule has 0 fully saturated rings. The Morgan fingerprint density at radius 1 is 1.17 bits per heavy atom. The van der Waals surface area contributed by atoms with Crippen LogP contribution in [0.3, 0.4) is 0 Å².